The molecule has 1 N–H and O–H groups in total. The second kappa shape index (κ2) is 3.82. The zero-order valence-corrected chi connectivity index (χ0v) is 10.6. The fourth-order valence-corrected chi connectivity index (χ4v) is 2.05. The summed E-state index contributed by atoms with van der Waals surface area (Å²) in [5.41, 5.74) is 0.147. The summed E-state index contributed by atoms with van der Waals surface area (Å²) < 4.78 is 15.9. The van der Waals surface area contributed by atoms with E-state index in [1.54, 1.807) is 24.5 Å². The van der Waals surface area contributed by atoms with E-state index in [4.69, 9.17) is 0 Å². The van der Waals surface area contributed by atoms with E-state index in [0.29, 0.717) is 22.1 Å². The number of hydrogen-bond acceptors (Lipinski definition) is 2. The Morgan fingerprint density at radius 1 is 1.50 bits per heavy atom. The van der Waals surface area contributed by atoms with Gasteiger partial charge in [0.1, 0.15) is 5.52 Å². The molecule has 0 atom stereocenters. The van der Waals surface area contributed by atoms with Crippen molar-refractivity contribution in [3.8, 4) is 0 Å². The van der Waals surface area contributed by atoms with Crippen LogP contribution in [0.4, 0.5) is 4.39 Å². The Balaban J connectivity index is 2.56. The van der Waals surface area contributed by atoms with Gasteiger partial charge in [-0.1, -0.05) is 15.9 Å². The number of hydrogen-bond donors (Lipinski definition) is 1. The molecular weight excluding hydrogens is 275 g/mol. The second-order valence-corrected chi connectivity index (χ2v) is 5.36. The summed E-state index contributed by atoms with van der Waals surface area (Å²) in [4.78, 5) is 4.00. The van der Waals surface area contributed by atoms with Gasteiger partial charge >= 0.3 is 0 Å². The largest absolute Gasteiger partial charge is 0.389 e. The molecule has 0 fully saturated rings. The highest BCUT2D eigenvalue weighted by molar-refractivity contribution is 9.10. The van der Waals surface area contributed by atoms with Gasteiger partial charge in [0.25, 0.3) is 0 Å². The van der Waals surface area contributed by atoms with Crippen molar-refractivity contribution in [1.29, 1.82) is 0 Å². The van der Waals surface area contributed by atoms with Gasteiger partial charge in [0, 0.05) is 4.47 Å². The van der Waals surface area contributed by atoms with E-state index in [2.05, 4.69) is 20.9 Å². The second-order valence-electron chi connectivity index (χ2n) is 4.44. The molecule has 5 heteroatoms. The van der Waals surface area contributed by atoms with Gasteiger partial charge in [-0.25, -0.2) is 9.37 Å². The normalized spacial score (nSPS) is 12.3. The summed E-state index contributed by atoms with van der Waals surface area (Å²) in [6.07, 6.45) is 1.54. The van der Waals surface area contributed by atoms with Gasteiger partial charge in [-0.3, -0.25) is 0 Å². The molecule has 0 amide bonds. The van der Waals surface area contributed by atoms with Crippen molar-refractivity contribution >= 4 is 27.0 Å². The lowest BCUT2D eigenvalue weighted by molar-refractivity contribution is 0.0626. The number of halogens is 2. The zero-order chi connectivity index (χ0) is 11.9. The first-order chi connectivity index (χ1) is 7.37. The Kier molecular flexibility index (Phi) is 2.75. The Labute approximate surface area is 101 Å². The summed E-state index contributed by atoms with van der Waals surface area (Å²) in [7, 11) is 0. The molecule has 0 aliphatic carbocycles. The molecule has 0 bridgehead atoms. The summed E-state index contributed by atoms with van der Waals surface area (Å²) in [5.74, 6) is -0.362. The third-order valence-corrected chi connectivity index (χ3v) is 2.66. The monoisotopic (exact) mass is 286 g/mol. The highest BCUT2D eigenvalue weighted by atomic mass is 79.9. The Morgan fingerprint density at radius 3 is 2.81 bits per heavy atom. The van der Waals surface area contributed by atoms with Crippen molar-refractivity contribution in [2.45, 2.75) is 26.0 Å². The van der Waals surface area contributed by atoms with Crippen LogP contribution >= 0.6 is 15.9 Å². The number of aliphatic hydroxyl groups is 1. The molecule has 2 rings (SSSR count). The molecule has 0 aliphatic rings. The molecule has 16 heavy (non-hydrogen) atoms. The molecule has 1 aromatic carbocycles. The summed E-state index contributed by atoms with van der Waals surface area (Å²) in [5, 5.41) is 9.73. The van der Waals surface area contributed by atoms with Crippen molar-refractivity contribution in [1.82, 2.24) is 9.55 Å². The maximum atomic E-state index is 13.5. The number of nitrogens with zero attached hydrogens (tertiary/aromatic N) is 2. The van der Waals surface area contributed by atoms with Crippen molar-refractivity contribution in [2.24, 2.45) is 0 Å². The zero-order valence-electron chi connectivity index (χ0n) is 9.04. The molecule has 0 aliphatic heterocycles. The van der Waals surface area contributed by atoms with Crippen LogP contribution in [0.3, 0.4) is 0 Å². The third-order valence-electron chi connectivity index (χ3n) is 2.20. The summed E-state index contributed by atoms with van der Waals surface area (Å²) in [6, 6.07) is 3.17. The summed E-state index contributed by atoms with van der Waals surface area (Å²) >= 11 is 3.24. The predicted octanol–water partition coefficient (Wildman–Crippen LogP) is 2.71. The van der Waals surface area contributed by atoms with Crippen LogP contribution < -0.4 is 0 Å². The van der Waals surface area contributed by atoms with E-state index in [1.165, 1.54) is 12.4 Å². The lowest BCUT2D eigenvalue weighted by atomic mass is 10.1. The minimum atomic E-state index is -0.855. The van der Waals surface area contributed by atoms with Gasteiger partial charge in [0.15, 0.2) is 5.82 Å². The van der Waals surface area contributed by atoms with Crippen LogP contribution in [0.25, 0.3) is 11.0 Å². The van der Waals surface area contributed by atoms with Crippen LogP contribution in [0.5, 0.6) is 0 Å². The van der Waals surface area contributed by atoms with Gasteiger partial charge in [-0.05, 0) is 26.0 Å². The lowest BCUT2D eigenvalue weighted by Crippen LogP contribution is -2.25. The topological polar surface area (TPSA) is 38.0 Å². The van der Waals surface area contributed by atoms with Crippen molar-refractivity contribution in [3.63, 3.8) is 0 Å². The van der Waals surface area contributed by atoms with Gasteiger partial charge < -0.3 is 9.67 Å². The van der Waals surface area contributed by atoms with Crippen molar-refractivity contribution in [3.05, 3.63) is 28.7 Å². The van der Waals surface area contributed by atoms with E-state index in [9.17, 15) is 9.50 Å². The van der Waals surface area contributed by atoms with Gasteiger partial charge in [-0.15, -0.1) is 0 Å². The molecule has 0 spiro atoms. The fourth-order valence-electron chi connectivity index (χ4n) is 1.63. The van der Waals surface area contributed by atoms with Crippen molar-refractivity contribution in [2.75, 3.05) is 0 Å². The number of benzene rings is 1. The van der Waals surface area contributed by atoms with E-state index in [-0.39, 0.29) is 5.82 Å². The molecule has 2 aromatic rings. The predicted molar refractivity (Wildman–Crippen MR) is 63.7 cm³/mol. The van der Waals surface area contributed by atoms with Crippen LogP contribution in [0, 0.1) is 5.82 Å². The Hall–Kier alpha value is -0.940. The minimum absolute atomic E-state index is 0.326. The first-order valence-electron chi connectivity index (χ1n) is 4.89. The first-order valence-corrected chi connectivity index (χ1v) is 5.68. The standard InChI is InChI=1S/C11H12BrFN2O/c1-11(2,16)5-15-6-14-10-8(13)3-7(12)4-9(10)15/h3-4,6,16H,5H2,1-2H3. The van der Waals surface area contributed by atoms with Gasteiger partial charge in [0.2, 0.25) is 0 Å². The quantitative estimate of drug-likeness (QED) is 0.922. The maximum Gasteiger partial charge on any atom is 0.152 e. The molecule has 86 valence electrons. The maximum absolute atomic E-state index is 13.5. The average molecular weight is 287 g/mol. The summed E-state index contributed by atoms with van der Waals surface area (Å²) in [6.45, 7) is 3.78. The van der Waals surface area contributed by atoms with Crippen LogP contribution in [0.15, 0.2) is 22.9 Å². The molecule has 0 unspecified atom stereocenters. The van der Waals surface area contributed by atoms with E-state index >= 15 is 0 Å². The third kappa shape index (κ3) is 2.25. The Bertz CT molecular complexity index is 530. The smallest absolute Gasteiger partial charge is 0.152 e. The number of fused-ring (bicyclic) bond motifs is 1. The molecular formula is C11H12BrFN2O. The van der Waals surface area contributed by atoms with Crippen LogP contribution in [-0.2, 0) is 6.54 Å². The Morgan fingerprint density at radius 2 is 2.19 bits per heavy atom. The van der Waals surface area contributed by atoms with Crippen LogP contribution in [-0.4, -0.2) is 20.3 Å². The van der Waals surface area contributed by atoms with E-state index in [0.717, 1.165) is 0 Å². The van der Waals surface area contributed by atoms with Crippen LogP contribution in [0.1, 0.15) is 13.8 Å². The minimum Gasteiger partial charge on any atom is -0.389 e. The molecule has 0 radical (unpaired) electrons. The number of imidazole rings is 1. The molecule has 0 saturated heterocycles. The van der Waals surface area contributed by atoms with Gasteiger partial charge in [0.05, 0.1) is 24.0 Å². The van der Waals surface area contributed by atoms with E-state index in [1.807, 2.05) is 0 Å². The molecule has 3 nitrogen and oxygen atoms in total. The molecule has 1 aromatic heterocycles. The van der Waals surface area contributed by atoms with Gasteiger partial charge in [-0.2, -0.15) is 0 Å². The number of rotatable bonds is 2. The van der Waals surface area contributed by atoms with Crippen LogP contribution in [0.2, 0.25) is 0 Å². The lowest BCUT2D eigenvalue weighted by Gasteiger charge is -2.18. The number of aromatic nitrogens is 2. The van der Waals surface area contributed by atoms with Crippen molar-refractivity contribution < 1.29 is 9.50 Å². The van der Waals surface area contributed by atoms with E-state index < -0.39 is 5.60 Å². The highest BCUT2D eigenvalue weighted by Gasteiger charge is 2.16. The average Bonchev–Trinajstić information content (AvgIpc) is 2.46. The molecule has 1 heterocycles. The first kappa shape index (κ1) is 11.5. The fraction of sp³-hybridized carbons (Fsp3) is 0.364. The SMILES string of the molecule is CC(C)(O)Cn1cnc2c(F)cc(Br)cc21. The highest BCUT2D eigenvalue weighted by Crippen LogP contribution is 2.23. The molecule has 0 saturated carbocycles.